The van der Waals surface area contributed by atoms with Crippen LogP contribution >= 0.6 is 0 Å². The van der Waals surface area contributed by atoms with Crippen molar-refractivity contribution in [3.63, 3.8) is 0 Å². The molecule has 0 radical (unpaired) electrons. The summed E-state index contributed by atoms with van der Waals surface area (Å²) in [5, 5.41) is 6.17. The first-order chi connectivity index (χ1) is 13.0. The summed E-state index contributed by atoms with van der Waals surface area (Å²) in [6.45, 7) is 1.42. The van der Waals surface area contributed by atoms with Gasteiger partial charge in [0.25, 0.3) is 11.8 Å². The van der Waals surface area contributed by atoms with E-state index in [1.54, 1.807) is 30.3 Å². The normalized spacial score (nSPS) is 11.1. The monoisotopic (exact) mass is 364 g/mol. The maximum absolute atomic E-state index is 13.6. The van der Waals surface area contributed by atoms with Gasteiger partial charge in [-0.25, -0.2) is 9.82 Å². The summed E-state index contributed by atoms with van der Waals surface area (Å²) >= 11 is 0. The van der Waals surface area contributed by atoms with E-state index in [1.165, 1.54) is 25.1 Å². The Balaban J connectivity index is 1.61. The molecule has 7 heteroatoms. The number of amides is 2. The molecule has 0 saturated heterocycles. The van der Waals surface area contributed by atoms with Crippen molar-refractivity contribution in [3.8, 4) is 5.69 Å². The van der Waals surface area contributed by atoms with Crippen molar-refractivity contribution >= 4 is 23.2 Å². The number of nitrogens with one attached hydrogen (secondary N) is 2. The Kier molecular flexibility index (Phi) is 5.41. The number of halogens is 1. The van der Waals surface area contributed by atoms with Gasteiger partial charge in [0.1, 0.15) is 11.5 Å². The van der Waals surface area contributed by atoms with Crippen LogP contribution in [0.5, 0.6) is 0 Å². The molecule has 3 aromatic rings. The van der Waals surface area contributed by atoms with E-state index in [9.17, 15) is 14.0 Å². The summed E-state index contributed by atoms with van der Waals surface area (Å²) < 4.78 is 15.5. The van der Waals surface area contributed by atoms with Crippen LogP contribution < -0.4 is 10.7 Å². The average Bonchev–Trinajstić information content (AvgIpc) is 3.22. The second kappa shape index (κ2) is 8.09. The Bertz CT molecular complexity index is 979. The molecule has 2 aromatic carbocycles. The predicted molar refractivity (Wildman–Crippen MR) is 101 cm³/mol. The quantitative estimate of drug-likeness (QED) is 0.538. The van der Waals surface area contributed by atoms with Crippen molar-refractivity contribution in [2.45, 2.75) is 6.92 Å². The van der Waals surface area contributed by atoms with Crippen LogP contribution in [-0.4, -0.2) is 22.1 Å². The molecule has 0 fully saturated rings. The van der Waals surface area contributed by atoms with E-state index >= 15 is 0 Å². The number of hydrazone groups is 1. The fraction of sp³-hybridized carbons (Fsp3) is 0.0500. The highest BCUT2D eigenvalue weighted by Gasteiger charge is 2.11. The number of para-hydroxylation sites is 1. The van der Waals surface area contributed by atoms with Crippen molar-refractivity contribution in [2.75, 3.05) is 5.32 Å². The number of rotatable bonds is 5. The fourth-order valence-corrected chi connectivity index (χ4v) is 2.32. The van der Waals surface area contributed by atoms with E-state index in [0.717, 1.165) is 5.69 Å². The highest BCUT2D eigenvalue weighted by molar-refractivity contribution is 6.42. The van der Waals surface area contributed by atoms with Gasteiger partial charge in [0.05, 0.1) is 5.69 Å². The summed E-state index contributed by atoms with van der Waals surface area (Å²) in [6.07, 6.45) is 3.80. The number of carbonyl (C=O) groups is 2. The van der Waals surface area contributed by atoms with Crippen LogP contribution in [0.1, 0.15) is 17.3 Å². The molecule has 0 aliphatic rings. The SMILES string of the molecule is C/C(=N\NC(=O)c1ccc(-n2cccc2)cc1)C(=O)Nc1ccccc1F. The summed E-state index contributed by atoms with van der Waals surface area (Å²) in [7, 11) is 0. The Morgan fingerprint density at radius 2 is 1.63 bits per heavy atom. The van der Waals surface area contributed by atoms with Crippen molar-refractivity contribution in [2.24, 2.45) is 5.10 Å². The van der Waals surface area contributed by atoms with Gasteiger partial charge >= 0.3 is 0 Å². The summed E-state index contributed by atoms with van der Waals surface area (Å²) in [4.78, 5) is 24.2. The predicted octanol–water partition coefficient (Wildman–Crippen LogP) is 3.36. The first-order valence-electron chi connectivity index (χ1n) is 8.18. The Morgan fingerprint density at radius 3 is 2.30 bits per heavy atom. The van der Waals surface area contributed by atoms with Gasteiger partial charge in [0, 0.05) is 23.6 Å². The lowest BCUT2D eigenvalue weighted by Crippen LogP contribution is -2.26. The second-order valence-electron chi connectivity index (χ2n) is 5.71. The van der Waals surface area contributed by atoms with Crippen molar-refractivity contribution < 1.29 is 14.0 Å². The molecule has 1 heterocycles. The number of benzene rings is 2. The molecule has 0 aliphatic carbocycles. The molecule has 0 atom stereocenters. The summed E-state index contributed by atoms with van der Waals surface area (Å²) in [5.41, 5.74) is 3.68. The Hall–Kier alpha value is -3.74. The van der Waals surface area contributed by atoms with Crippen LogP contribution in [0.3, 0.4) is 0 Å². The molecular weight excluding hydrogens is 347 g/mol. The van der Waals surface area contributed by atoms with Gasteiger partial charge in [-0.15, -0.1) is 0 Å². The van der Waals surface area contributed by atoms with Gasteiger partial charge in [-0.3, -0.25) is 9.59 Å². The molecule has 6 nitrogen and oxygen atoms in total. The first kappa shape index (κ1) is 18.1. The van der Waals surface area contributed by atoms with Crippen LogP contribution in [0.15, 0.2) is 78.2 Å². The van der Waals surface area contributed by atoms with Crippen LogP contribution in [0, 0.1) is 5.82 Å². The average molecular weight is 364 g/mol. The maximum Gasteiger partial charge on any atom is 0.271 e. The standard InChI is InChI=1S/C20H17FN4O2/c1-14(19(26)22-18-7-3-2-6-17(18)21)23-24-20(27)15-8-10-16(11-9-15)25-12-4-5-13-25/h2-13H,1H3,(H,22,26)(H,24,27)/b23-14+. The van der Waals surface area contributed by atoms with Gasteiger partial charge in [-0.2, -0.15) is 5.10 Å². The largest absolute Gasteiger partial charge is 0.324 e. The third-order valence-corrected chi connectivity index (χ3v) is 3.81. The molecule has 1 aromatic heterocycles. The highest BCUT2D eigenvalue weighted by atomic mass is 19.1. The van der Waals surface area contributed by atoms with Crippen molar-refractivity contribution in [1.82, 2.24) is 9.99 Å². The lowest BCUT2D eigenvalue weighted by molar-refractivity contribution is -0.110. The lowest BCUT2D eigenvalue weighted by Gasteiger charge is -2.07. The molecular formula is C20H17FN4O2. The second-order valence-corrected chi connectivity index (χ2v) is 5.71. The van der Waals surface area contributed by atoms with Crippen molar-refractivity contribution in [3.05, 3.63) is 84.4 Å². The minimum atomic E-state index is -0.608. The molecule has 0 bridgehead atoms. The topological polar surface area (TPSA) is 75.5 Å². The molecule has 27 heavy (non-hydrogen) atoms. The summed E-state index contributed by atoms with van der Waals surface area (Å²) in [5.74, 6) is -1.61. The van der Waals surface area contributed by atoms with Crippen LogP contribution in [-0.2, 0) is 4.79 Å². The van der Waals surface area contributed by atoms with E-state index in [0.29, 0.717) is 5.56 Å². The zero-order chi connectivity index (χ0) is 19.2. The van der Waals surface area contributed by atoms with Gasteiger partial charge < -0.3 is 9.88 Å². The third kappa shape index (κ3) is 4.46. The van der Waals surface area contributed by atoms with E-state index in [2.05, 4.69) is 15.8 Å². The molecule has 2 amide bonds. The summed E-state index contributed by atoms with van der Waals surface area (Å²) in [6, 6.07) is 16.5. The number of hydrogen-bond acceptors (Lipinski definition) is 3. The number of anilines is 1. The molecule has 2 N–H and O–H groups in total. The maximum atomic E-state index is 13.6. The van der Waals surface area contributed by atoms with Crippen LogP contribution in [0.25, 0.3) is 5.69 Å². The number of hydrogen-bond donors (Lipinski definition) is 2. The van der Waals surface area contributed by atoms with Crippen molar-refractivity contribution in [1.29, 1.82) is 0 Å². The van der Waals surface area contributed by atoms with Crippen LogP contribution in [0.2, 0.25) is 0 Å². The Labute approximate surface area is 155 Å². The van der Waals surface area contributed by atoms with E-state index in [4.69, 9.17) is 0 Å². The number of aromatic nitrogens is 1. The molecule has 0 unspecified atom stereocenters. The van der Waals surface area contributed by atoms with E-state index < -0.39 is 17.6 Å². The Morgan fingerprint density at radius 1 is 0.963 bits per heavy atom. The lowest BCUT2D eigenvalue weighted by atomic mass is 10.2. The third-order valence-electron chi connectivity index (χ3n) is 3.81. The zero-order valence-electron chi connectivity index (χ0n) is 14.5. The van der Waals surface area contributed by atoms with Gasteiger partial charge in [-0.1, -0.05) is 12.1 Å². The fourth-order valence-electron chi connectivity index (χ4n) is 2.32. The minimum Gasteiger partial charge on any atom is -0.324 e. The molecule has 0 saturated carbocycles. The highest BCUT2D eigenvalue weighted by Crippen LogP contribution is 2.12. The molecule has 0 aliphatic heterocycles. The smallest absolute Gasteiger partial charge is 0.271 e. The molecule has 0 spiro atoms. The van der Waals surface area contributed by atoms with Crippen LogP contribution in [0.4, 0.5) is 10.1 Å². The molecule has 3 rings (SSSR count). The zero-order valence-corrected chi connectivity index (χ0v) is 14.5. The number of carbonyl (C=O) groups excluding carboxylic acids is 2. The van der Waals surface area contributed by atoms with Gasteiger partial charge in [0.2, 0.25) is 0 Å². The van der Waals surface area contributed by atoms with E-state index in [1.807, 2.05) is 29.1 Å². The van der Waals surface area contributed by atoms with E-state index in [-0.39, 0.29) is 11.4 Å². The van der Waals surface area contributed by atoms with Gasteiger partial charge in [-0.05, 0) is 55.5 Å². The first-order valence-corrected chi connectivity index (χ1v) is 8.18. The number of nitrogens with zero attached hydrogens (tertiary/aromatic N) is 2. The molecule has 136 valence electrons. The van der Waals surface area contributed by atoms with Gasteiger partial charge in [0.15, 0.2) is 0 Å². The minimum absolute atomic E-state index is 0.00411.